The summed E-state index contributed by atoms with van der Waals surface area (Å²) in [7, 11) is 0. The van der Waals surface area contributed by atoms with E-state index < -0.39 is 17.9 Å². The number of thioether (sulfide) groups is 1. The Hall–Kier alpha value is -1.50. The summed E-state index contributed by atoms with van der Waals surface area (Å²) in [5.41, 5.74) is -0.0599. The predicted octanol–water partition coefficient (Wildman–Crippen LogP) is 1.38. The monoisotopic (exact) mass is 288 g/mol. The van der Waals surface area contributed by atoms with Gasteiger partial charge in [0.25, 0.3) is 5.91 Å². The smallest absolute Gasteiger partial charge is 0.331 e. The van der Waals surface area contributed by atoms with E-state index in [1.165, 1.54) is 13.8 Å². The highest BCUT2D eigenvalue weighted by Crippen LogP contribution is 2.03. The summed E-state index contributed by atoms with van der Waals surface area (Å²) in [6.45, 7) is 3.17. The van der Waals surface area contributed by atoms with Crippen molar-refractivity contribution < 1.29 is 19.5 Å². The third-order valence-corrected chi connectivity index (χ3v) is 3.21. The highest BCUT2D eigenvalue weighted by Gasteiger charge is 2.14. The van der Waals surface area contributed by atoms with Crippen molar-refractivity contribution in [2.45, 2.75) is 26.7 Å². The number of nitrogens with one attached hydrogen (secondary N) is 2. The Morgan fingerprint density at radius 3 is 2.26 bits per heavy atom. The van der Waals surface area contributed by atoms with E-state index in [0.717, 1.165) is 18.6 Å². The predicted molar refractivity (Wildman–Crippen MR) is 75.2 cm³/mol. The summed E-state index contributed by atoms with van der Waals surface area (Å²) in [5.74, 6) is -0.839. The minimum absolute atomic E-state index is 0.0185. The van der Waals surface area contributed by atoms with E-state index in [-0.39, 0.29) is 11.1 Å². The number of carboxylic acids is 1. The van der Waals surface area contributed by atoms with Gasteiger partial charge in [-0.1, -0.05) is 0 Å². The number of amides is 3. The Morgan fingerprint density at radius 1 is 1.11 bits per heavy atom. The number of carbonyl (C=O) groups excluding carboxylic acids is 2. The molecule has 0 aromatic heterocycles. The van der Waals surface area contributed by atoms with Gasteiger partial charge >= 0.3 is 12.0 Å². The molecule has 0 atom stereocenters. The Labute approximate surface area is 117 Å². The van der Waals surface area contributed by atoms with E-state index >= 15 is 0 Å². The lowest BCUT2D eigenvalue weighted by Crippen LogP contribution is -2.40. The number of hydrogen-bond acceptors (Lipinski definition) is 4. The van der Waals surface area contributed by atoms with Crippen LogP contribution in [0.3, 0.4) is 0 Å². The second kappa shape index (κ2) is 9.43. The quantitative estimate of drug-likeness (QED) is 0.486. The molecule has 0 fully saturated rings. The van der Waals surface area contributed by atoms with Crippen molar-refractivity contribution in [2.24, 2.45) is 0 Å². The summed E-state index contributed by atoms with van der Waals surface area (Å²) in [5, 5.41) is 13.4. The summed E-state index contributed by atoms with van der Waals surface area (Å²) in [6.07, 6.45) is 3.84. The van der Waals surface area contributed by atoms with Crippen LogP contribution in [0, 0.1) is 0 Å². The molecule has 0 aliphatic heterocycles. The second-order valence-corrected chi connectivity index (χ2v) is 4.95. The second-order valence-electron chi connectivity index (χ2n) is 3.97. The molecule has 0 rings (SSSR count). The largest absolute Gasteiger partial charge is 0.478 e. The van der Waals surface area contributed by atoms with Gasteiger partial charge in [0, 0.05) is 17.7 Å². The number of urea groups is 1. The summed E-state index contributed by atoms with van der Waals surface area (Å²) in [6, 6.07) is -0.605. The molecule has 19 heavy (non-hydrogen) atoms. The molecule has 0 unspecified atom stereocenters. The third kappa shape index (κ3) is 7.50. The van der Waals surface area contributed by atoms with Crippen LogP contribution in [0.4, 0.5) is 4.79 Å². The highest BCUT2D eigenvalue weighted by atomic mass is 32.2. The Bertz CT molecular complexity index is 380. The van der Waals surface area contributed by atoms with E-state index in [0.29, 0.717) is 6.54 Å². The summed E-state index contributed by atoms with van der Waals surface area (Å²) >= 11 is 1.74. The van der Waals surface area contributed by atoms with Gasteiger partial charge in [0.2, 0.25) is 0 Å². The standard InChI is InChI=1S/C12H20N2O4S/c1-8(9(2)11(16)17)10(15)14-12(18)13-6-4-5-7-19-3/h4-7H2,1-3H3,(H,16,17)(H2,13,14,15,18). The van der Waals surface area contributed by atoms with Crippen molar-refractivity contribution in [3.8, 4) is 0 Å². The van der Waals surface area contributed by atoms with Gasteiger partial charge in [-0.3, -0.25) is 10.1 Å². The number of carbonyl (C=O) groups is 3. The molecule has 3 N–H and O–H groups in total. The third-order valence-electron chi connectivity index (χ3n) is 2.51. The average molecular weight is 288 g/mol. The maximum Gasteiger partial charge on any atom is 0.331 e. The molecule has 0 radical (unpaired) electrons. The number of aliphatic carboxylic acids is 1. The molecule has 108 valence electrons. The average Bonchev–Trinajstić information content (AvgIpc) is 2.36. The molecule has 0 aromatic rings. The summed E-state index contributed by atoms with van der Waals surface area (Å²) < 4.78 is 0. The first kappa shape index (κ1) is 17.5. The number of hydrogen-bond donors (Lipinski definition) is 3. The normalized spacial score (nSPS) is 11.5. The van der Waals surface area contributed by atoms with Crippen LogP contribution in [-0.4, -0.2) is 41.6 Å². The van der Waals surface area contributed by atoms with Crippen molar-refractivity contribution in [3.05, 3.63) is 11.1 Å². The first-order chi connectivity index (χ1) is 8.90. The van der Waals surface area contributed by atoms with E-state index in [1.807, 2.05) is 6.26 Å². The van der Waals surface area contributed by atoms with Gasteiger partial charge in [-0.25, -0.2) is 9.59 Å². The van der Waals surface area contributed by atoms with E-state index in [1.54, 1.807) is 11.8 Å². The lowest BCUT2D eigenvalue weighted by Gasteiger charge is -2.07. The molecule has 0 aliphatic rings. The molecule has 0 bridgehead atoms. The Morgan fingerprint density at radius 2 is 1.74 bits per heavy atom. The first-order valence-electron chi connectivity index (χ1n) is 5.89. The number of rotatable bonds is 7. The molecule has 0 heterocycles. The fourth-order valence-electron chi connectivity index (χ4n) is 1.15. The SMILES string of the molecule is CSCCCCNC(=O)NC(=O)C(C)=C(C)C(=O)O. The van der Waals surface area contributed by atoms with Gasteiger partial charge in [-0.2, -0.15) is 11.8 Å². The van der Waals surface area contributed by atoms with Crippen LogP contribution >= 0.6 is 11.8 Å². The molecule has 0 saturated heterocycles. The number of unbranched alkanes of at least 4 members (excludes halogenated alkanes) is 1. The maximum atomic E-state index is 11.5. The first-order valence-corrected chi connectivity index (χ1v) is 7.28. The molecule has 3 amide bonds. The van der Waals surface area contributed by atoms with Crippen molar-refractivity contribution in [1.29, 1.82) is 0 Å². The van der Waals surface area contributed by atoms with E-state index in [2.05, 4.69) is 10.6 Å². The minimum Gasteiger partial charge on any atom is -0.478 e. The van der Waals surface area contributed by atoms with Crippen LogP contribution in [0.2, 0.25) is 0 Å². The van der Waals surface area contributed by atoms with Gasteiger partial charge in [0.05, 0.1) is 0 Å². The molecule has 0 aromatic carbocycles. The van der Waals surface area contributed by atoms with Crippen LogP contribution in [0.1, 0.15) is 26.7 Å². The van der Waals surface area contributed by atoms with Crippen LogP contribution in [0.5, 0.6) is 0 Å². The number of imide groups is 1. The van der Waals surface area contributed by atoms with Crippen LogP contribution < -0.4 is 10.6 Å². The molecular weight excluding hydrogens is 268 g/mol. The zero-order chi connectivity index (χ0) is 14.8. The Balaban J connectivity index is 4.10. The van der Waals surface area contributed by atoms with Crippen LogP contribution in [-0.2, 0) is 9.59 Å². The fraction of sp³-hybridized carbons (Fsp3) is 0.583. The lowest BCUT2D eigenvalue weighted by atomic mass is 10.1. The highest BCUT2D eigenvalue weighted by molar-refractivity contribution is 7.98. The van der Waals surface area contributed by atoms with Crippen LogP contribution in [0.25, 0.3) is 0 Å². The fourth-order valence-corrected chi connectivity index (χ4v) is 1.64. The molecule has 0 saturated carbocycles. The number of carboxylic acid groups (broad SMARTS) is 1. The van der Waals surface area contributed by atoms with Crippen molar-refractivity contribution in [1.82, 2.24) is 10.6 Å². The van der Waals surface area contributed by atoms with Gasteiger partial charge in [-0.05, 0) is 38.7 Å². The molecule has 6 nitrogen and oxygen atoms in total. The molecular formula is C12H20N2O4S. The van der Waals surface area contributed by atoms with Crippen molar-refractivity contribution in [2.75, 3.05) is 18.6 Å². The maximum absolute atomic E-state index is 11.5. The van der Waals surface area contributed by atoms with Gasteiger partial charge in [0.1, 0.15) is 0 Å². The van der Waals surface area contributed by atoms with Gasteiger partial charge in [0.15, 0.2) is 0 Å². The zero-order valence-electron chi connectivity index (χ0n) is 11.4. The summed E-state index contributed by atoms with van der Waals surface area (Å²) in [4.78, 5) is 33.6. The lowest BCUT2D eigenvalue weighted by molar-refractivity contribution is -0.133. The topological polar surface area (TPSA) is 95.5 Å². The van der Waals surface area contributed by atoms with Gasteiger partial charge in [-0.15, -0.1) is 0 Å². The van der Waals surface area contributed by atoms with Crippen LogP contribution in [0.15, 0.2) is 11.1 Å². The minimum atomic E-state index is -1.18. The molecule has 0 spiro atoms. The zero-order valence-corrected chi connectivity index (χ0v) is 12.2. The molecule has 7 heteroatoms. The van der Waals surface area contributed by atoms with Gasteiger partial charge < -0.3 is 10.4 Å². The molecule has 0 aliphatic carbocycles. The van der Waals surface area contributed by atoms with Crippen molar-refractivity contribution in [3.63, 3.8) is 0 Å². The Kier molecular flexibility index (Phi) is 8.69. The van der Waals surface area contributed by atoms with Crippen molar-refractivity contribution >= 4 is 29.7 Å². The van der Waals surface area contributed by atoms with E-state index in [9.17, 15) is 14.4 Å². The van der Waals surface area contributed by atoms with E-state index in [4.69, 9.17) is 5.11 Å².